The summed E-state index contributed by atoms with van der Waals surface area (Å²) in [4.78, 5) is 28.6. The lowest BCUT2D eigenvalue weighted by Gasteiger charge is -2.07. The van der Waals surface area contributed by atoms with Crippen LogP contribution in [0.4, 0.5) is 13.2 Å². The van der Waals surface area contributed by atoms with Crippen molar-refractivity contribution in [2.24, 2.45) is 0 Å². The number of aryl methyl sites for hydroxylation is 1. The van der Waals surface area contributed by atoms with Crippen LogP contribution < -0.4 is 11.2 Å². The van der Waals surface area contributed by atoms with Gasteiger partial charge in [0.2, 0.25) is 11.7 Å². The molecule has 0 saturated carbocycles. The standard InChI is InChI=1S/C17H12F3N5O3/c1-2-24-8-11(7-21)15(26)25(16(24)27)9-13-22-14(23-28-13)10-3-5-12(6-4-10)17(18,19)20/h3-6,8H,2,9H2,1H3. The Balaban J connectivity index is 1.93. The van der Waals surface area contributed by atoms with Crippen molar-refractivity contribution in [3.8, 4) is 17.5 Å². The zero-order chi connectivity index (χ0) is 20.5. The second kappa shape index (κ2) is 7.15. The highest BCUT2D eigenvalue weighted by atomic mass is 19.4. The van der Waals surface area contributed by atoms with Gasteiger partial charge in [-0.15, -0.1) is 0 Å². The number of alkyl halides is 3. The topological polar surface area (TPSA) is 107 Å². The lowest BCUT2D eigenvalue weighted by molar-refractivity contribution is -0.137. The average Bonchev–Trinajstić information content (AvgIpc) is 3.13. The van der Waals surface area contributed by atoms with Crippen LogP contribution in [0.25, 0.3) is 11.4 Å². The second-order valence-electron chi connectivity index (χ2n) is 5.70. The molecule has 0 aliphatic rings. The van der Waals surface area contributed by atoms with Crippen LogP contribution in [0.1, 0.15) is 23.9 Å². The summed E-state index contributed by atoms with van der Waals surface area (Å²) in [6.45, 7) is 1.54. The normalized spacial score (nSPS) is 11.4. The Morgan fingerprint density at radius 2 is 1.89 bits per heavy atom. The van der Waals surface area contributed by atoms with E-state index in [1.807, 2.05) is 0 Å². The quantitative estimate of drug-likeness (QED) is 0.674. The molecule has 144 valence electrons. The van der Waals surface area contributed by atoms with Crippen LogP contribution in [0.3, 0.4) is 0 Å². The molecule has 28 heavy (non-hydrogen) atoms. The summed E-state index contributed by atoms with van der Waals surface area (Å²) in [5.74, 6) is -0.101. The van der Waals surface area contributed by atoms with E-state index in [4.69, 9.17) is 9.78 Å². The smallest absolute Gasteiger partial charge is 0.337 e. The number of aromatic nitrogens is 4. The Hall–Kier alpha value is -3.68. The molecule has 0 unspecified atom stereocenters. The minimum absolute atomic E-state index is 0.00373. The van der Waals surface area contributed by atoms with Crippen molar-refractivity contribution >= 4 is 0 Å². The Morgan fingerprint density at radius 1 is 1.21 bits per heavy atom. The first-order valence-corrected chi connectivity index (χ1v) is 7.99. The molecule has 3 aromatic rings. The Morgan fingerprint density at radius 3 is 2.46 bits per heavy atom. The maximum atomic E-state index is 12.6. The van der Waals surface area contributed by atoms with E-state index in [1.165, 1.54) is 22.9 Å². The van der Waals surface area contributed by atoms with Crippen LogP contribution in [0.2, 0.25) is 0 Å². The Bertz CT molecular complexity index is 1170. The molecule has 1 aromatic carbocycles. The molecule has 2 heterocycles. The van der Waals surface area contributed by atoms with Crippen molar-refractivity contribution in [3.05, 3.63) is 68.3 Å². The summed E-state index contributed by atoms with van der Waals surface area (Å²) < 4.78 is 44.9. The summed E-state index contributed by atoms with van der Waals surface area (Å²) >= 11 is 0. The third-order valence-corrected chi connectivity index (χ3v) is 3.93. The van der Waals surface area contributed by atoms with Crippen LogP contribution >= 0.6 is 0 Å². The number of hydrogen-bond donors (Lipinski definition) is 0. The average molecular weight is 391 g/mol. The van der Waals surface area contributed by atoms with Gasteiger partial charge >= 0.3 is 11.9 Å². The van der Waals surface area contributed by atoms with E-state index in [-0.39, 0.29) is 35.9 Å². The second-order valence-corrected chi connectivity index (χ2v) is 5.70. The molecule has 0 fully saturated rings. The Labute approximate surface area is 155 Å². The number of halogens is 3. The van der Waals surface area contributed by atoms with Crippen molar-refractivity contribution in [2.45, 2.75) is 26.2 Å². The lowest BCUT2D eigenvalue weighted by atomic mass is 10.1. The third kappa shape index (κ3) is 3.57. The number of benzene rings is 1. The molecule has 0 aliphatic carbocycles. The first-order chi connectivity index (χ1) is 13.2. The van der Waals surface area contributed by atoms with Crippen LogP contribution in [0, 0.1) is 11.3 Å². The van der Waals surface area contributed by atoms with Crippen molar-refractivity contribution < 1.29 is 17.7 Å². The van der Waals surface area contributed by atoms with Gasteiger partial charge in [-0.1, -0.05) is 17.3 Å². The fourth-order valence-corrected chi connectivity index (χ4v) is 2.48. The molecular weight excluding hydrogens is 379 g/mol. The van der Waals surface area contributed by atoms with Gasteiger partial charge in [0.1, 0.15) is 18.2 Å². The van der Waals surface area contributed by atoms with Gasteiger partial charge in [0, 0.05) is 18.3 Å². The first kappa shape index (κ1) is 19.1. The van der Waals surface area contributed by atoms with E-state index in [0.29, 0.717) is 0 Å². The summed E-state index contributed by atoms with van der Waals surface area (Å²) in [7, 11) is 0. The monoisotopic (exact) mass is 391 g/mol. The summed E-state index contributed by atoms with van der Waals surface area (Å²) in [5, 5.41) is 12.7. The van der Waals surface area contributed by atoms with Gasteiger partial charge in [0.05, 0.1) is 5.56 Å². The minimum atomic E-state index is -4.47. The van der Waals surface area contributed by atoms with E-state index in [2.05, 4.69) is 10.1 Å². The maximum Gasteiger partial charge on any atom is 0.416 e. The highest BCUT2D eigenvalue weighted by Crippen LogP contribution is 2.30. The van der Waals surface area contributed by atoms with E-state index < -0.39 is 23.0 Å². The lowest BCUT2D eigenvalue weighted by Crippen LogP contribution is -2.41. The molecule has 0 aliphatic heterocycles. The van der Waals surface area contributed by atoms with Gasteiger partial charge in [-0.25, -0.2) is 9.36 Å². The molecule has 0 radical (unpaired) electrons. The van der Waals surface area contributed by atoms with Gasteiger partial charge in [-0.05, 0) is 19.1 Å². The SMILES string of the molecule is CCn1cc(C#N)c(=O)n(Cc2nc(-c3ccc(C(F)(F)F)cc3)no2)c1=O. The molecule has 2 aromatic heterocycles. The number of nitriles is 1. The zero-order valence-corrected chi connectivity index (χ0v) is 14.4. The summed E-state index contributed by atoms with van der Waals surface area (Å²) in [5.41, 5.74) is -2.22. The molecular formula is C17H12F3N5O3. The third-order valence-electron chi connectivity index (χ3n) is 3.93. The number of nitrogens with zero attached hydrogens (tertiary/aromatic N) is 5. The zero-order valence-electron chi connectivity index (χ0n) is 14.4. The Kier molecular flexibility index (Phi) is 4.87. The van der Waals surface area contributed by atoms with Crippen LogP contribution in [-0.4, -0.2) is 19.3 Å². The van der Waals surface area contributed by atoms with Gasteiger partial charge in [0.25, 0.3) is 5.56 Å². The molecule has 0 bridgehead atoms. The predicted octanol–water partition coefficient (Wildman–Crippen LogP) is 2.02. The fraction of sp³-hybridized carbons (Fsp3) is 0.235. The van der Waals surface area contributed by atoms with Gasteiger partial charge < -0.3 is 4.52 Å². The van der Waals surface area contributed by atoms with Crippen molar-refractivity contribution in [2.75, 3.05) is 0 Å². The molecule has 11 heteroatoms. The van der Waals surface area contributed by atoms with Gasteiger partial charge in [-0.3, -0.25) is 9.36 Å². The van der Waals surface area contributed by atoms with E-state index in [1.54, 1.807) is 13.0 Å². The highest BCUT2D eigenvalue weighted by molar-refractivity contribution is 5.54. The van der Waals surface area contributed by atoms with Crippen molar-refractivity contribution in [3.63, 3.8) is 0 Å². The van der Waals surface area contributed by atoms with Crippen LogP contribution in [-0.2, 0) is 19.3 Å². The summed E-state index contributed by atoms with van der Waals surface area (Å²) in [6.07, 6.45) is -3.30. The maximum absolute atomic E-state index is 12.6. The number of rotatable bonds is 4. The predicted molar refractivity (Wildman–Crippen MR) is 89.2 cm³/mol. The van der Waals surface area contributed by atoms with Gasteiger partial charge in [0.15, 0.2) is 0 Å². The molecule has 0 N–H and O–H groups in total. The van der Waals surface area contributed by atoms with Gasteiger partial charge in [-0.2, -0.15) is 23.4 Å². The molecule has 0 saturated heterocycles. The minimum Gasteiger partial charge on any atom is -0.337 e. The van der Waals surface area contributed by atoms with Crippen LogP contribution in [0.5, 0.6) is 0 Å². The molecule has 0 atom stereocenters. The number of hydrogen-bond acceptors (Lipinski definition) is 6. The highest BCUT2D eigenvalue weighted by Gasteiger charge is 2.30. The van der Waals surface area contributed by atoms with E-state index in [9.17, 15) is 22.8 Å². The summed E-state index contributed by atoms with van der Waals surface area (Å²) in [6, 6.07) is 5.85. The van der Waals surface area contributed by atoms with E-state index >= 15 is 0 Å². The van der Waals surface area contributed by atoms with Crippen molar-refractivity contribution in [1.29, 1.82) is 5.26 Å². The van der Waals surface area contributed by atoms with Crippen LogP contribution in [0.15, 0.2) is 44.6 Å². The largest absolute Gasteiger partial charge is 0.416 e. The molecule has 8 nitrogen and oxygen atoms in total. The first-order valence-electron chi connectivity index (χ1n) is 7.99. The molecule has 0 amide bonds. The fourth-order valence-electron chi connectivity index (χ4n) is 2.48. The van der Waals surface area contributed by atoms with Crippen molar-refractivity contribution in [1.82, 2.24) is 19.3 Å². The van der Waals surface area contributed by atoms with E-state index in [0.717, 1.165) is 16.7 Å². The molecule has 0 spiro atoms. The molecule has 3 rings (SSSR count).